The molecule has 4 aromatic rings. The SMILES string of the molecule is CC(NC(=O)c1cnc2ccccc2n1)c1ccc(-n2ccnc2)cc1. The van der Waals surface area contributed by atoms with Crippen molar-refractivity contribution in [3.8, 4) is 5.69 Å². The summed E-state index contributed by atoms with van der Waals surface area (Å²) in [6.45, 7) is 1.94. The first-order chi connectivity index (χ1) is 12.7. The van der Waals surface area contributed by atoms with Crippen molar-refractivity contribution in [3.05, 3.63) is 84.7 Å². The Hall–Kier alpha value is -3.54. The van der Waals surface area contributed by atoms with Gasteiger partial charge < -0.3 is 9.88 Å². The minimum atomic E-state index is -0.241. The quantitative estimate of drug-likeness (QED) is 0.617. The predicted molar refractivity (Wildman–Crippen MR) is 99.0 cm³/mol. The number of aromatic nitrogens is 4. The van der Waals surface area contributed by atoms with E-state index >= 15 is 0 Å². The van der Waals surface area contributed by atoms with E-state index in [0.717, 1.165) is 16.8 Å². The van der Waals surface area contributed by atoms with Crippen molar-refractivity contribution in [2.45, 2.75) is 13.0 Å². The van der Waals surface area contributed by atoms with E-state index in [4.69, 9.17) is 0 Å². The lowest BCUT2D eigenvalue weighted by atomic mass is 10.1. The van der Waals surface area contributed by atoms with E-state index in [0.29, 0.717) is 11.2 Å². The van der Waals surface area contributed by atoms with Gasteiger partial charge >= 0.3 is 0 Å². The standard InChI is InChI=1S/C20H17N5O/c1-14(15-6-8-16(9-7-15)25-11-10-21-13-25)23-20(26)19-12-22-17-4-2-3-5-18(17)24-19/h2-14H,1H3,(H,23,26). The van der Waals surface area contributed by atoms with Gasteiger partial charge in [-0.3, -0.25) is 9.78 Å². The molecular weight excluding hydrogens is 326 g/mol. The molecule has 6 heteroatoms. The molecule has 128 valence electrons. The zero-order valence-corrected chi connectivity index (χ0v) is 14.2. The molecule has 0 aliphatic rings. The van der Waals surface area contributed by atoms with E-state index in [-0.39, 0.29) is 11.9 Å². The first-order valence-corrected chi connectivity index (χ1v) is 8.31. The van der Waals surface area contributed by atoms with Gasteiger partial charge in [0, 0.05) is 18.1 Å². The second-order valence-corrected chi connectivity index (χ2v) is 6.00. The Labute approximate surface area is 150 Å². The number of rotatable bonds is 4. The highest BCUT2D eigenvalue weighted by atomic mass is 16.1. The number of imidazole rings is 1. The summed E-state index contributed by atoms with van der Waals surface area (Å²) in [5.74, 6) is -0.241. The van der Waals surface area contributed by atoms with Crippen LogP contribution >= 0.6 is 0 Å². The maximum absolute atomic E-state index is 12.5. The number of benzene rings is 2. The van der Waals surface area contributed by atoms with Gasteiger partial charge in [0.05, 0.1) is 29.6 Å². The van der Waals surface area contributed by atoms with Crippen LogP contribution in [0.4, 0.5) is 0 Å². The van der Waals surface area contributed by atoms with Gasteiger partial charge in [-0.15, -0.1) is 0 Å². The molecule has 0 bridgehead atoms. The minimum Gasteiger partial charge on any atom is -0.344 e. The van der Waals surface area contributed by atoms with Gasteiger partial charge in [-0.05, 0) is 36.8 Å². The Morgan fingerprint density at radius 1 is 1.08 bits per heavy atom. The summed E-state index contributed by atoms with van der Waals surface area (Å²) in [6.07, 6.45) is 6.88. The molecule has 0 spiro atoms. The summed E-state index contributed by atoms with van der Waals surface area (Å²) < 4.78 is 1.93. The van der Waals surface area contributed by atoms with Gasteiger partial charge in [0.25, 0.3) is 5.91 Å². The predicted octanol–water partition coefficient (Wildman–Crippen LogP) is 3.31. The van der Waals surface area contributed by atoms with Gasteiger partial charge in [0.2, 0.25) is 0 Å². The number of hydrogen-bond acceptors (Lipinski definition) is 4. The lowest BCUT2D eigenvalue weighted by molar-refractivity contribution is 0.0935. The molecular formula is C20H17N5O. The fourth-order valence-corrected chi connectivity index (χ4v) is 2.77. The number of hydrogen-bond donors (Lipinski definition) is 1. The Kier molecular flexibility index (Phi) is 4.15. The third-order valence-electron chi connectivity index (χ3n) is 4.22. The Morgan fingerprint density at radius 2 is 1.85 bits per heavy atom. The second kappa shape index (κ2) is 6.76. The summed E-state index contributed by atoms with van der Waals surface area (Å²) >= 11 is 0. The van der Waals surface area contributed by atoms with Gasteiger partial charge in [-0.1, -0.05) is 24.3 Å². The molecule has 0 aliphatic heterocycles. The smallest absolute Gasteiger partial charge is 0.271 e. The molecule has 0 saturated carbocycles. The van der Waals surface area contributed by atoms with E-state index < -0.39 is 0 Å². The zero-order chi connectivity index (χ0) is 17.9. The number of fused-ring (bicyclic) bond motifs is 1. The summed E-state index contributed by atoms with van der Waals surface area (Å²) in [4.78, 5) is 25.2. The van der Waals surface area contributed by atoms with Crippen molar-refractivity contribution >= 4 is 16.9 Å². The third kappa shape index (κ3) is 3.17. The van der Waals surface area contributed by atoms with Crippen molar-refractivity contribution in [2.24, 2.45) is 0 Å². The molecule has 1 N–H and O–H groups in total. The summed E-state index contributed by atoms with van der Waals surface area (Å²) in [7, 11) is 0. The summed E-state index contributed by atoms with van der Waals surface area (Å²) in [6, 6.07) is 15.3. The molecule has 2 aromatic heterocycles. The fourth-order valence-electron chi connectivity index (χ4n) is 2.77. The molecule has 6 nitrogen and oxygen atoms in total. The lowest BCUT2D eigenvalue weighted by Gasteiger charge is -2.15. The highest BCUT2D eigenvalue weighted by Gasteiger charge is 2.13. The Balaban J connectivity index is 1.49. The van der Waals surface area contributed by atoms with Crippen molar-refractivity contribution < 1.29 is 4.79 Å². The van der Waals surface area contributed by atoms with Crippen LogP contribution in [0.3, 0.4) is 0 Å². The normalized spacial score (nSPS) is 12.0. The highest BCUT2D eigenvalue weighted by molar-refractivity contribution is 5.94. The highest BCUT2D eigenvalue weighted by Crippen LogP contribution is 2.16. The van der Waals surface area contributed by atoms with E-state index in [2.05, 4.69) is 20.3 Å². The van der Waals surface area contributed by atoms with Gasteiger partial charge in [-0.2, -0.15) is 0 Å². The number of nitrogens with zero attached hydrogens (tertiary/aromatic N) is 4. The van der Waals surface area contributed by atoms with E-state index in [1.54, 1.807) is 12.5 Å². The van der Waals surface area contributed by atoms with Crippen molar-refractivity contribution in [3.63, 3.8) is 0 Å². The van der Waals surface area contributed by atoms with E-state index in [1.807, 2.05) is 66.2 Å². The number of amides is 1. The second-order valence-electron chi connectivity index (χ2n) is 6.00. The van der Waals surface area contributed by atoms with E-state index in [1.165, 1.54) is 6.20 Å². The van der Waals surface area contributed by atoms with Crippen LogP contribution in [0.25, 0.3) is 16.7 Å². The van der Waals surface area contributed by atoms with Gasteiger partial charge in [0.15, 0.2) is 0 Å². The van der Waals surface area contributed by atoms with Crippen LogP contribution in [0.1, 0.15) is 29.0 Å². The average molecular weight is 343 g/mol. The Bertz CT molecular complexity index is 1040. The number of para-hydroxylation sites is 2. The fraction of sp³-hybridized carbons (Fsp3) is 0.100. The first-order valence-electron chi connectivity index (χ1n) is 8.31. The molecule has 2 aromatic carbocycles. The first kappa shape index (κ1) is 16.0. The van der Waals surface area contributed by atoms with Gasteiger partial charge in [-0.25, -0.2) is 9.97 Å². The maximum atomic E-state index is 12.5. The molecule has 0 saturated heterocycles. The average Bonchev–Trinajstić information content (AvgIpc) is 3.22. The molecule has 0 radical (unpaired) electrons. The largest absolute Gasteiger partial charge is 0.344 e. The van der Waals surface area contributed by atoms with E-state index in [9.17, 15) is 4.79 Å². The Morgan fingerprint density at radius 3 is 2.58 bits per heavy atom. The number of carbonyl (C=O) groups is 1. The topological polar surface area (TPSA) is 72.7 Å². The maximum Gasteiger partial charge on any atom is 0.271 e. The molecule has 1 atom stereocenters. The van der Waals surface area contributed by atoms with Crippen LogP contribution in [0.15, 0.2) is 73.4 Å². The molecule has 1 amide bonds. The van der Waals surface area contributed by atoms with Crippen LogP contribution in [0.2, 0.25) is 0 Å². The number of nitrogens with one attached hydrogen (secondary N) is 1. The molecule has 0 aliphatic carbocycles. The van der Waals surface area contributed by atoms with Crippen LogP contribution in [0.5, 0.6) is 0 Å². The molecule has 26 heavy (non-hydrogen) atoms. The molecule has 2 heterocycles. The lowest BCUT2D eigenvalue weighted by Crippen LogP contribution is -2.27. The zero-order valence-electron chi connectivity index (χ0n) is 14.2. The molecule has 0 fully saturated rings. The van der Waals surface area contributed by atoms with Crippen LogP contribution < -0.4 is 5.32 Å². The van der Waals surface area contributed by atoms with Crippen molar-refractivity contribution in [2.75, 3.05) is 0 Å². The summed E-state index contributed by atoms with van der Waals surface area (Å²) in [5, 5.41) is 2.97. The third-order valence-corrected chi connectivity index (χ3v) is 4.22. The molecule has 1 unspecified atom stereocenters. The molecule has 4 rings (SSSR count). The summed E-state index contributed by atoms with van der Waals surface area (Å²) in [5.41, 5.74) is 3.82. The minimum absolute atomic E-state index is 0.146. The monoisotopic (exact) mass is 343 g/mol. The van der Waals surface area contributed by atoms with Crippen molar-refractivity contribution in [1.82, 2.24) is 24.8 Å². The van der Waals surface area contributed by atoms with Crippen LogP contribution in [-0.2, 0) is 0 Å². The van der Waals surface area contributed by atoms with Crippen molar-refractivity contribution in [1.29, 1.82) is 0 Å². The van der Waals surface area contributed by atoms with Crippen LogP contribution in [0, 0.1) is 0 Å². The van der Waals surface area contributed by atoms with Gasteiger partial charge in [0.1, 0.15) is 5.69 Å². The van der Waals surface area contributed by atoms with Crippen LogP contribution in [-0.4, -0.2) is 25.4 Å². The number of carbonyl (C=O) groups excluding carboxylic acids is 1.